The van der Waals surface area contributed by atoms with Gasteiger partial charge in [0, 0.05) is 11.8 Å². The molecule has 3 aromatic rings. The molecule has 0 aliphatic rings. The van der Waals surface area contributed by atoms with Gasteiger partial charge in [-0.3, -0.25) is 9.59 Å². The van der Waals surface area contributed by atoms with Crippen LogP contribution in [-0.2, 0) is 4.74 Å². The zero-order valence-corrected chi connectivity index (χ0v) is 17.4. The molecule has 156 valence electrons. The number of nitrogens with one attached hydrogen (secondary N) is 2. The van der Waals surface area contributed by atoms with Gasteiger partial charge in [-0.1, -0.05) is 6.07 Å². The van der Waals surface area contributed by atoms with Gasteiger partial charge >= 0.3 is 5.97 Å². The minimum atomic E-state index is -0.624. The Kier molecular flexibility index (Phi) is 6.53. The summed E-state index contributed by atoms with van der Waals surface area (Å²) in [5.74, 6) is -0.907. The first-order valence-corrected chi connectivity index (χ1v) is 9.87. The summed E-state index contributed by atoms with van der Waals surface area (Å²) in [4.78, 5) is 38.0. The molecule has 1 aromatic carbocycles. The molecule has 2 amide bonds. The Morgan fingerprint density at radius 1 is 1.10 bits per heavy atom. The lowest BCUT2D eigenvalue weighted by Gasteiger charge is -2.07. The van der Waals surface area contributed by atoms with E-state index in [0.29, 0.717) is 17.0 Å². The number of benzene rings is 1. The molecule has 0 spiro atoms. The van der Waals surface area contributed by atoms with Crippen LogP contribution in [0.3, 0.4) is 0 Å². The molecule has 8 nitrogen and oxygen atoms in total. The third kappa shape index (κ3) is 4.52. The first-order valence-electron chi connectivity index (χ1n) is 9.05. The van der Waals surface area contributed by atoms with Crippen LogP contribution in [0.4, 0.5) is 10.7 Å². The van der Waals surface area contributed by atoms with Crippen LogP contribution >= 0.6 is 11.3 Å². The van der Waals surface area contributed by atoms with E-state index in [9.17, 15) is 14.4 Å². The van der Waals surface area contributed by atoms with Gasteiger partial charge in [0.05, 0.1) is 30.4 Å². The molecular formula is C21H20N2O6S. The van der Waals surface area contributed by atoms with Gasteiger partial charge in [-0.25, -0.2) is 4.79 Å². The van der Waals surface area contributed by atoms with Crippen molar-refractivity contribution in [2.24, 2.45) is 0 Å². The third-order valence-electron chi connectivity index (χ3n) is 4.13. The fraction of sp³-hybridized carbons (Fsp3) is 0.190. The third-order valence-corrected chi connectivity index (χ3v) is 5.34. The summed E-state index contributed by atoms with van der Waals surface area (Å²) < 4.78 is 15.4. The average molecular weight is 428 g/mol. The van der Waals surface area contributed by atoms with Crippen LogP contribution in [0, 0.1) is 6.92 Å². The molecule has 2 heterocycles. The van der Waals surface area contributed by atoms with Gasteiger partial charge < -0.3 is 24.5 Å². The van der Waals surface area contributed by atoms with Crippen LogP contribution < -0.4 is 15.4 Å². The van der Waals surface area contributed by atoms with Crippen LogP contribution in [-0.4, -0.2) is 31.5 Å². The number of anilines is 2. The van der Waals surface area contributed by atoms with Gasteiger partial charge in [-0.05, 0) is 43.7 Å². The Balaban J connectivity index is 1.92. The maximum Gasteiger partial charge on any atom is 0.341 e. The molecular weight excluding hydrogens is 408 g/mol. The van der Waals surface area contributed by atoms with Crippen LogP contribution in [0.1, 0.15) is 43.1 Å². The molecule has 0 unspecified atom stereocenters. The average Bonchev–Trinajstić information content (AvgIpc) is 3.37. The molecule has 0 saturated carbocycles. The Hall–Kier alpha value is -3.59. The van der Waals surface area contributed by atoms with Gasteiger partial charge in [0.25, 0.3) is 11.8 Å². The summed E-state index contributed by atoms with van der Waals surface area (Å²) in [6, 6.07) is 9.97. The summed E-state index contributed by atoms with van der Waals surface area (Å²) in [7, 11) is 1.53. The SMILES string of the molecule is CCOC(=O)c1c(NC(=O)c2ccco2)sc(C(=O)Nc2cccc(OC)c2)c1C. The van der Waals surface area contributed by atoms with Crippen molar-refractivity contribution >= 4 is 39.8 Å². The Morgan fingerprint density at radius 3 is 2.57 bits per heavy atom. The topological polar surface area (TPSA) is 107 Å². The number of carbonyl (C=O) groups is 3. The molecule has 30 heavy (non-hydrogen) atoms. The fourth-order valence-corrected chi connectivity index (χ4v) is 3.81. The molecule has 0 aliphatic carbocycles. The van der Waals surface area contributed by atoms with Crippen molar-refractivity contribution in [2.45, 2.75) is 13.8 Å². The number of hydrogen-bond acceptors (Lipinski definition) is 7. The van der Waals surface area contributed by atoms with Crippen molar-refractivity contribution in [3.63, 3.8) is 0 Å². The highest BCUT2D eigenvalue weighted by molar-refractivity contribution is 7.19. The Bertz CT molecular complexity index is 1070. The Morgan fingerprint density at radius 2 is 1.90 bits per heavy atom. The monoisotopic (exact) mass is 428 g/mol. The van der Waals surface area contributed by atoms with E-state index in [-0.39, 0.29) is 27.8 Å². The van der Waals surface area contributed by atoms with E-state index >= 15 is 0 Å². The van der Waals surface area contributed by atoms with Crippen LogP contribution in [0.25, 0.3) is 0 Å². The lowest BCUT2D eigenvalue weighted by Crippen LogP contribution is -2.14. The lowest BCUT2D eigenvalue weighted by atomic mass is 10.1. The minimum absolute atomic E-state index is 0.0817. The van der Waals surface area contributed by atoms with E-state index in [1.165, 1.54) is 19.4 Å². The summed E-state index contributed by atoms with van der Waals surface area (Å²) >= 11 is 0.985. The molecule has 3 rings (SSSR count). The summed E-state index contributed by atoms with van der Waals surface area (Å²) in [5.41, 5.74) is 1.08. The molecule has 0 bridgehead atoms. The number of thiophene rings is 1. The number of amides is 2. The van der Waals surface area contributed by atoms with Gasteiger partial charge in [-0.2, -0.15) is 0 Å². The van der Waals surface area contributed by atoms with Crippen molar-refractivity contribution in [1.29, 1.82) is 0 Å². The van der Waals surface area contributed by atoms with E-state index < -0.39 is 17.8 Å². The summed E-state index contributed by atoms with van der Waals surface area (Å²) in [6.45, 7) is 3.47. The maximum absolute atomic E-state index is 12.9. The largest absolute Gasteiger partial charge is 0.497 e. The smallest absolute Gasteiger partial charge is 0.341 e. The summed E-state index contributed by atoms with van der Waals surface area (Å²) in [5, 5.41) is 5.62. The number of esters is 1. The van der Waals surface area contributed by atoms with Crippen LogP contribution in [0.5, 0.6) is 5.75 Å². The van der Waals surface area contributed by atoms with Crippen molar-refractivity contribution in [3.8, 4) is 5.75 Å². The highest BCUT2D eigenvalue weighted by Crippen LogP contribution is 2.35. The predicted octanol–water partition coefficient (Wildman–Crippen LogP) is 4.34. The maximum atomic E-state index is 12.9. The zero-order valence-electron chi connectivity index (χ0n) is 16.6. The van der Waals surface area contributed by atoms with Crippen molar-refractivity contribution in [2.75, 3.05) is 24.4 Å². The van der Waals surface area contributed by atoms with E-state index in [2.05, 4.69) is 10.6 Å². The first kappa shape index (κ1) is 21.1. The molecule has 2 aromatic heterocycles. The molecule has 2 N–H and O–H groups in total. The second-order valence-electron chi connectivity index (χ2n) is 6.10. The molecule has 0 aliphatic heterocycles. The number of hydrogen-bond donors (Lipinski definition) is 2. The lowest BCUT2D eigenvalue weighted by molar-refractivity contribution is 0.0527. The van der Waals surface area contributed by atoms with Gasteiger partial charge in [0.15, 0.2) is 5.76 Å². The number of methoxy groups -OCH3 is 1. The minimum Gasteiger partial charge on any atom is -0.497 e. The highest BCUT2D eigenvalue weighted by Gasteiger charge is 2.27. The van der Waals surface area contributed by atoms with E-state index in [0.717, 1.165) is 11.3 Å². The second kappa shape index (κ2) is 9.27. The number of furan rings is 1. The quantitative estimate of drug-likeness (QED) is 0.542. The van der Waals surface area contributed by atoms with Crippen molar-refractivity contribution in [1.82, 2.24) is 0 Å². The Labute approximate surface area is 176 Å². The van der Waals surface area contributed by atoms with Gasteiger partial charge in [0.2, 0.25) is 0 Å². The normalized spacial score (nSPS) is 10.4. The molecule has 0 atom stereocenters. The summed E-state index contributed by atoms with van der Waals surface area (Å²) in [6.07, 6.45) is 1.37. The number of ether oxygens (including phenoxy) is 2. The predicted molar refractivity (Wildman–Crippen MR) is 113 cm³/mol. The number of carbonyl (C=O) groups excluding carboxylic acids is 3. The number of rotatable bonds is 7. The van der Waals surface area contributed by atoms with E-state index in [4.69, 9.17) is 13.9 Å². The van der Waals surface area contributed by atoms with Gasteiger partial charge in [-0.15, -0.1) is 11.3 Å². The van der Waals surface area contributed by atoms with Gasteiger partial charge in [0.1, 0.15) is 10.8 Å². The molecule has 0 radical (unpaired) electrons. The van der Waals surface area contributed by atoms with Crippen molar-refractivity contribution < 1.29 is 28.3 Å². The molecule has 0 saturated heterocycles. The van der Waals surface area contributed by atoms with E-state index in [1.54, 1.807) is 44.2 Å². The standard InChI is InChI=1S/C21H20N2O6S/c1-4-28-21(26)16-12(2)17(19(25)22-13-7-5-8-14(11-13)27-3)30-20(16)23-18(24)15-9-6-10-29-15/h5-11H,4H2,1-3H3,(H,22,25)(H,23,24). The molecule has 0 fully saturated rings. The molecule has 9 heteroatoms. The van der Waals surface area contributed by atoms with Crippen molar-refractivity contribution in [3.05, 3.63) is 64.4 Å². The zero-order chi connectivity index (χ0) is 21.7. The van der Waals surface area contributed by atoms with E-state index in [1.807, 2.05) is 0 Å². The first-order chi connectivity index (χ1) is 14.4. The highest BCUT2D eigenvalue weighted by atomic mass is 32.1. The fourth-order valence-electron chi connectivity index (χ4n) is 2.73. The second-order valence-corrected chi connectivity index (χ2v) is 7.12. The van der Waals surface area contributed by atoms with Crippen LogP contribution in [0.2, 0.25) is 0 Å². The van der Waals surface area contributed by atoms with Crippen LogP contribution in [0.15, 0.2) is 47.1 Å².